The third-order valence-electron chi connectivity index (χ3n) is 3.64. The summed E-state index contributed by atoms with van der Waals surface area (Å²) in [5.41, 5.74) is 0.754. The molecule has 0 atom stereocenters. The van der Waals surface area contributed by atoms with Crippen LogP contribution in [0.1, 0.15) is 34.1 Å². The van der Waals surface area contributed by atoms with E-state index in [1.165, 1.54) is 30.3 Å². The van der Waals surface area contributed by atoms with Crippen LogP contribution in [-0.2, 0) is 4.79 Å². The molecule has 0 radical (unpaired) electrons. The smallest absolute Gasteiger partial charge is 0.255 e. The number of halogens is 2. The molecule has 0 saturated heterocycles. The van der Waals surface area contributed by atoms with Gasteiger partial charge in [-0.25, -0.2) is 8.78 Å². The molecule has 27 heavy (non-hydrogen) atoms. The Bertz CT molecular complexity index is 839. The molecule has 3 amide bonds. The molecule has 0 aliphatic rings. The molecule has 2 aromatic rings. The highest BCUT2D eigenvalue weighted by Crippen LogP contribution is 2.13. The van der Waals surface area contributed by atoms with Gasteiger partial charge in [0.15, 0.2) is 11.6 Å². The normalized spacial score (nSPS) is 10.2. The van der Waals surface area contributed by atoms with E-state index in [9.17, 15) is 23.2 Å². The van der Waals surface area contributed by atoms with E-state index in [-0.39, 0.29) is 17.4 Å². The van der Waals surface area contributed by atoms with Crippen molar-refractivity contribution in [3.63, 3.8) is 0 Å². The van der Waals surface area contributed by atoms with Gasteiger partial charge in [0, 0.05) is 36.3 Å². The molecular formula is C19H19F2N3O3. The summed E-state index contributed by atoms with van der Waals surface area (Å²) in [6.07, 6.45) is 0.381. The molecule has 142 valence electrons. The van der Waals surface area contributed by atoms with E-state index >= 15 is 0 Å². The summed E-state index contributed by atoms with van der Waals surface area (Å²) in [6, 6.07) is 8.93. The van der Waals surface area contributed by atoms with Crippen LogP contribution < -0.4 is 16.0 Å². The fourth-order valence-electron chi connectivity index (χ4n) is 2.15. The van der Waals surface area contributed by atoms with Crippen molar-refractivity contribution in [2.45, 2.75) is 13.3 Å². The van der Waals surface area contributed by atoms with Gasteiger partial charge >= 0.3 is 0 Å². The Hall–Kier alpha value is -3.29. The van der Waals surface area contributed by atoms with Crippen molar-refractivity contribution < 1.29 is 23.2 Å². The van der Waals surface area contributed by atoms with Crippen molar-refractivity contribution in [3.05, 3.63) is 65.2 Å². The molecule has 0 spiro atoms. The fourth-order valence-corrected chi connectivity index (χ4v) is 2.15. The Kier molecular flexibility index (Phi) is 6.99. The molecular weight excluding hydrogens is 356 g/mol. The highest BCUT2D eigenvalue weighted by atomic mass is 19.2. The number of benzene rings is 2. The van der Waals surface area contributed by atoms with Crippen LogP contribution in [0.5, 0.6) is 0 Å². The first kappa shape index (κ1) is 20.0. The van der Waals surface area contributed by atoms with Crippen LogP contribution in [0.25, 0.3) is 0 Å². The monoisotopic (exact) mass is 375 g/mol. The zero-order chi connectivity index (χ0) is 19.8. The minimum Gasteiger partial charge on any atom is -0.354 e. The Morgan fingerprint density at radius 3 is 2.07 bits per heavy atom. The van der Waals surface area contributed by atoms with E-state index in [0.717, 1.165) is 12.1 Å². The predicted molar refractivity (Wildman–Crippen MR) is 96.4 cm³/mol. The van der Waals surface area contributed by atoms with E-state index in [2.05, 4.69) is 16.0 Å². The standard InChI is InChI=1S/C19H19F2N3O3/c1-2-17(25)22-9-10-23-18(26)12-3-6-14(7-4-12)24-19(27)13-5-8-15(20)16(21)11-13/h3-8,11H,2,9-10H2,1H3,(H,22,25)(H,23,26)(H,24,27). The molecule has 0 aliphatic carbocycles. The van der Waals surface area contributed by atoms with Crippen LogP contribution >= 0.6 is 0 Å². The number of hydrogen-bond donors (Lipinski definition) is 3. The van der Waals surface area contributed by atoms with Crippen LogP contribution in [0.3, 0.4) is 0 Å². The molecule has 0 aliphatic heterocycles. The van der Waals surface area contributed by atoms with Gasteiger partial charge in [-0.05, 0) is 42.5 Å². The Labute approximate surface area is 155 Å². The number of carbonyl (C=O) groups is 3. The molecule has 2 rings (SSSR count). The zero-order valence-electron chi connectivity index (χ0n) is 14.6. The average molecular weight is 375 g/mol. The molecule has 0 fully saturated rings. The van der Waals surface area contributed by atoms with E-state index in [4.69, 9.17) is 0 Å². The maximum atomic E-state index is 13.2. The topological polar surface area (TPSA) is 87.3 Å². The average Bonchev–Trinajstić information content (AvgIpc) is 2.67. The number of nitrogens with one attached hydrogen (secondary N) is 3. The first-order valence-electron chi connectivity index (χ1n) is 8.32. The van der Waals surface area contributed by atoms with Gasteiger partial charge in [-0.2, -0.15) is 0 Å². The Balaban J connectivity index is 1.88. The molecule has 0 aromatic heterocycles. The quantitative estimate of drug-likeness (QED) is 0.650. The molecule has 0 saturated carbocycles. The second-order valence-electron chi connectivity index (χ2n) is 5.62. The summed E-state index contributed by atoms with van der Waals surface area (Å²) < 4.78 is 26.1. The molecule has 0 unspecified atom stereocenters. The molecule has 0 bridgehead atoms. The zero-order valence-corrected chi connectivity index (χ0v) is 14.6. The Morgan fingerprint density at radius 2 is 1.44 bits per heavy atom. The molecule has 0 heterocycles. The second kappa shape index (κ2) is 9.42. The summed E-state index contributed by atoms with van der Waals surface area (Å²) in [6.45, 7) is 2.36. The van der Waals surface area contributed by atoms with Crippen LogP contribution in [0.15, 0.2) is 42.5 Å². The summed E-state index contributed by atoms with van der Waals surface area (Å²) in [7, 11) is 0. The van der Waals surface area contributed by atoms with Crippen LogP contribution in [-0.4, -0.2) is 30.8 Å². The van der Waals surface area contributed by atoms with Crippen molar-refractivity contribution in [3.8, 4) is 0 Å². The van der Waals surface area contributed by atoms with Crippen molar-refractivity contribution in [1.82, 2.24) is 10.6 Å². The lowest BCUT2D eigenvalue weighted by Crippen LogP contribution is -2.34. The van der Waals surface area contributed by atoms with E-state index in [1.807, 2.05) is 0 Å². The van der Waals surface area contributed by atoms with E-state index < -0.39 is 17.5 Å². The molecule has 3 N–H and O–H groups in total. The predicted octanol–water partition coefficient (Wildman–Crippen LogP) is 2.47. The molecule has 2 aromatic carbocycles. The van der Waals surface area contributed by atoms with Crippen LogP contribution in [0, 0.1) is 11.6 Å². The van der Waals surface area contributed by atoms with Crippen LogP contribution in [0.4, 0.5) is 14.5 Å². The van der Waals surface area contributed by atoms with Gasteiger partial charge in [0.05, 0.1) is 0 Å². The molecule has 6 nitrogen and oxygen atoms in total. The van der Waals surface area contributed by atoms with E-state index in [1.54, 1.807) is 6.92 Å². The number of anilines is 1. The first-order valence-corrected chi connectivity index (χ1v) is 8.32. The lowest BCUT2D eigenvalue weighted by atomic mass is 10.1. The lowest BCUT2D eigenvalue weighted by molar-refractivity contribution is -0.120. The maximum absolute atomic E-state index is 13.2. The maximum Gasteiger partial charge on any atom is 0.255 e. The van der Waals surface area contributed by atoms with Gasteiger partial charge < -0.3 is 16.0 Å². The van der Waals surface area contributed by atoms with Gasteiger partial charge in [0.1, 0.15) is 0 Å². The largest absolute Gasteiger partial charge is 0.354 e. The SMILES string of the molecule is CCC(=O)NCCNC(=O)c1ccc(NC(=O)c2ccc(F)c(F)c2)cc1. The lowest BCUT2D eigenvalue weighted by Gasteiger charge is -2.08. The second-order valence-corrected chi connectivity index (χ2v) is 5.62. The number of hydrogen-bond acceptors (Lipinski definition) is 3. The van der Waals surface area contributed by atoms with Crippen molar-refractivity contribution in [2.75, 3.05) is 18.4 Å². The highest BCUT2D eigenvalue weighted by molar-refractivity contribution is 6.04. The number of rotatable bonds is 7. The summed E-state index contributed by atoms with van der Waals surface area (Å²) >= 11 is 0. The summed E-state index contributed by atoms with van der Waals surface area (Å²) in [5, 5.41) is 7.83. The third-order valence-corrected chi connectivity index (χ3v) is 3.64. The third kappa shape index (κ3) is 5.88. The van der Waals surface area contributed by atoms with Crippen molar-refractivity contribution in [2.24, 2.45) is 0 Å². The Morgan fingerprint density at radius 1 is 0.815 bits per heavy atom. The summed E-state index contributed by atoms with van der Waals surface area (Å²) in [5.74, 6) is -3.15. The van der Waals surface area contributed by atoms with Crippen molar-refractivity contribution >= 4 is 23.4 Å². The van der Waals surface area contributed by atoms with Gasteiger partial charge in [-0.3, -0.25) is 14.4 Å². The first-order chi connectivity index (χ1) is 12.9. The minimum atomic E-state index is -1.11. The minimum absolute atomic E-state index is 0.0233. The van der Waals surface area contributed by atoms with E-state index in [0.29, 0.717) is 30.8 Å². The van der Waals surface area contributed by atoms with Crippen LogP contribution in [0.2, 0.25) is 0 Å². The number of amides is 3. The fraction of sp³-hybridized carbons (Fsp3) is 0.211. The van der Waals surface area contributed by atoms with Crippen molar-refractivity contribution in [1.29, 1.82) is 0 Å². The highest BCUT2D eigenvalue weighted by Gasteiger charge is 2.11. The van der Waals surface area contributed by atoms with Gasteiger partial charge in [-0.1, -0.05) is 6.92 Å². The van der Waals surface area contributed by atoms with Gasteiger partial charge in [0.25, 0.3) is 11.8 Å². The molecule has 8 heteroatoms. The van der Waals surface area contributed by atoms with Gasteiger partial charge in [0.2, 0.25) is 5.91 Å². The number of carbonyl (C=O) groups excluding carboxylic acids is 3. The summed E-state index contributed by atoms with van der Waals surface area (Å²) in [4.78, 5) is 35.1. The van der Waals surface area contributed by atoms with Gasteiger partial charge in [-0.15, -0.1) is 0 Å².